The van der Waals surface area contributed by atoms with Crippen molar-refractivity contribution in [2.75, 3.05) is 24.7 Å². The third-order valence-corrected chi connectivity index (χ3v) is 3.27. The van der Waals surface area contributed by atoms with Crippen LogP contribution in [0.15, 0.2) is 23.1 Å². The Morgan fingerprint density at radius 1 is 1.42 bits per heavy atom. The quantitative estimate of drug-likeness (QED) is 0.759. The van der Waals surface area contributed by atoms with Gasteiger partial charge in [-0.1, -0.05) is 0 Å². The number of hydrogen-bond donors (Lipinski definition) is 2. The fourth-order valence-corrected chi connectivity index (χ4v) is 2.07. The van der Waals surface area contributed by atoms with Crippen molar-refractivity contribution in [3.05, 3.63) is 24.0 Å². The molecule has 106 valence electrons. The Labute approximate surface area is 114 Å². The summed E-state index contributed by atoms with van der Waals surface area (Å²) in [6.45, 7) is 0.487. The van der Waals surface area contributed by atoms with Gasteiger partial charge in [0, 0.05) is 17.9 Å². The fraction of sp³-hybridized carbons (Fsp3) is 0.417. The van der Waals surface area contributed by atoms with Gasteiger partial charge in [-0.2, -0.15) is 0 Å². The summed E-state index contributed by atoms with van der Waals surface area (Å²) in [6, 6.07) is 3.69. The van der Waals surface area contributed by atoms with E-state index in [4.69, 9.17) is 0 Å². The van der Waals surface area contributed by atoms with Crippen LogP contribution in [0.3, 0.4) is 0 Å². The van der Waals surface area contributed by atoms with Crippen molar-refractivity contribution in [2.45, 2.75) is 17.7 Å². The van der Waals surface area contributed by atoms with Gasteiger partial charge < -0.3 is 10.6 Å². The molecule has 0 aromatic heterocycles. The van der Waals surface area contributed by atoms with Crippen LogP contribution in [-0.4, -0.2) is 31.7 Å². The van der Waals surface area contributed by atoms with Crippen LogP contribution in [-0.2, 0) is 4.79 Å². The van der Waals surface area contributed by atoms with Gasteiger partial charge in [0.05, 0.1) is 11.4 Å². The van der Waals surface area contributed by atoms with Gasteiger partial charge in [0.2, 0.25) is 12.3 Å². The Hall–Kier alpha value is -1.21. The van der Waals surface area contributed by atoms with Crippen molar-refractivity contribution in [2.24, 2.45) is 0 Å². The number of benzene rings is 1. The van der Waals surface area contributed by atoms with Gasteiger partial charge in [-0.15, -0.1) is 11.8 Å². The van der Waals surface area contributed by atoms with Crippen LogP contribution in [0.25, 0.3) is 0 Å². The van der Waals surface area contributed by atoms with Crippen LogP contribution in [0.5, 0.6) is 0 Å². The van der Waals surface area contributed by atoms with Crippen molar-refractivity contribution >= 4 is 23.4 Å². The number of rotatable bonds is 7. The predicted octanol–water partition coefficient (Wildman–Crippen LogP) is 2.73. The Bertz CT molecular complexity index is 429. The van der Waals surface area contributed by atoms with Gasteiger partial charge in [-0.05, 0) is 25.2 Å². The van der Waals surface area contributed by atoms with E-state index in [0.29, 0.717) is 11.4 Å². The predicted molar refractivity (Wildman–Crippen MR) is 70.3 cm³/mol. The molecule has 1 rings (SSSR count). The highest BCUT2D eigenvalue weighted by Crippen LogP contribution is 2.29. The van der Waals surface area contributed by atoms with E-state index in [2.05, 4.69) is 10.6 Å². The minimum atomic E-state index is -2.46. The average molecular weight is 292 g/mol. The van der Waals surface area contributed by atoms with Crippen molar-refractivity contribution in [3.63, 3.8) is 0 Å². The molecule has 1 aromatic carbocycles. The second-order valence-corrected chi connectivity index (χ2v) is 4.81. The first-order valence-electron chi connectivity index (χ1n) is 5.68. The van der Waals surface area contributed by atoms with E-state index in [9.17, 15) is 18.0 Å². The summed E-state index contributed by atoms with van der Waals surface area (Å²) in [4.78, 5) is 12.0. The SMILES string of the molecule is CNCCC(=O)Nc1cc(F)ccc1SCC(F)F. The molecular formula is C12H15F3N2OS. The number of anilines is 1. The van der Waals surface area contributed by atoms with Crippen molar-refractivity contribution in [1.29, 1.82) is 0 Å². The van der Waals surface area contributed by atoms with Gasteiger partial charge >= 0.3 is 0 Å². The van der Waals surface area contributed by atoms with Crippen LogP contribution in [0.4, 0.5) is 18.9 Å². The summed E-state index contributed by atoms with van der Waals surface area (Å²) in [7, 11) is 1.71. The molecule has 19 heavy (non-hydrogen) atoms. The zero-order valence-corrected chi connectivity index (χ0v) is 11.2. The van der Waals surface area contributed by atoms with E-state index >= 15 is 0 Å². The van der Waals surface area contributed by atoms with E-state index in [0.717, 1.165) is 17.8 Å². The maximum atomic E-state index is 13.1. The highest BCUT2D eigenvalue weighted by atomic mass is 32.2. The monoisotopic (exact) mass is 292 g/mol. The molecule has 1 aromatic rings. The molecule has 0 fully saturated rings. The highest BCUT2D eigenvalue weighted by Gasteiger charge is 2.11. The summed E-state index contributed by atoms with van der Waals surface area (Å²) in [6.07, 6.45) is -2.23. The summed E-state index contributed by atoms with van der Waals surface area (Å²) in [5, 5.41) is 5.34. The largest absolute Gasteiger partial charge is 0.325 e. The van der Waals surface area contributed by atoms with Gasteiger partial charge in [0.1, 0.15) is 5.82 Å². The minimum absolute atomic E-state index is 0.228. The van der Waals surface area contributed by atoms with Crippen molar-refractivity contribution in [1.82, 2.24) is 5.32 Å². The first-order chi connectivity index (χ1) is 9.02. The molecule has 1 amide bonds. The lowest BCUT2D eigenvalue weighted by Crippen LogP contribution is -2.19. The minimum Gasteiger partial charge on any atom is -0.325 e. The van der Waals surface area contributed by atoms with Crippen LogP contribution in [0.1, 0.15) is 6.42 Å². The van der Waals surface area contributed by atoms with Crippen LogP contribution in [0, 0.1) is 5.82 Å². The molecule has 0 bridgehead atoms. The number of halogens is 3. The van der Waals surface area contributed by atoms with E-state index in [1.54, 1.807) is 7.05 Å². The molecular weight excluding hydrogens is 277 g/mol. The van der Waals surface area contributed by atoms with Crippen molar-refractivity contribution < 1.29 is 18.0 Å². The molecule has 0 aliphatic heterocycles. The molecule has 0 heterocycles. The molecule has 0 unspecified atom stereocenters. The number of hydrogen-bond acceptors (Lipinski definition) is 3. The molecule has 0 aliphatic carbocycles. The second-order valence-electron chi connectivity index (χ2n) is 3.74. The van der Waals surface area contributed by atoms with Crippen LogP contribution < -0.4 is 10.6 Å². The molecule has 0 saturated carbocycles. The van der Waals surface area contributed by atoms with E-state index in [1.807, 2.05) is 0 Å². The summed E-state index contributed by atoms with van der Waals surface area (Å²) in [5.74, 6) is -1.21. The van der Waals surface area contributed by atoms with E-state index < -0.39 is 18.0 Å². The summed E-state index contributed by atoms with van der Waals surface area (Å²) >= 11 is 0.883. The maximum absolute atomic E-state index is 13.1. The molecule has 0 aliphatic rings. The lowest BCUT2D eigenvalue weighted by atomic mass is 10.3. The number of carbonyl (C=O) groups is 1. The van der Waals surface area contributed by atoms with Gasteiger partial charge in [-0.25, -0.2) is 13.2 Å². The molecule has 0 radical (unpaired) electrons. The number of carbonyl (C=O) groups excluding carboxylic acids is 1. The maximum Gasteiger partial charge on any atom is 0.247 e. The van der Waals surface area contributed by atoms with E-state index in [1.165, 1.54) is 12.1 Å². The Morgan fingerprint density at radius 2 is 2.16 bits per heavy atom. The second kappa shape index (κ2) is 8.06. The normalized spacial score (nSPS) is 10.8. The molecule has 0 spiro atoms. The lowest BCUT2D eigenvalue weighted by molar-refractivity contribution is -0.116. The number of alkyl halides is 2. The Balaban J connectivity index is 2.73. The number of nitrogens with one attached hydrogen (secondary N) is 2. The average Bonchev–Trinajstić information content (AvgIpc) is 2.35. The Kier molecular flexibility index (Phi) is 6.72. The molecule has 2 N–H and O–H groups in total. The topological polar surface area (TPSA) is 41.1 Å². The summed E-state index contributed by atoms with van der Waals surface area (Å²) in [5.41, 5.74) is 0.228. The number of thioether (sulfide) groups is 1. The van der Waals surface area contributed by atoms with E-state index in [-0.39, 0.29) is 18.0 Å². The van der Waals surface area contributed by atoms with Crippen molar-refractivity contribution in [3.8, 4) is 0 Å². The zero-order valence-electron chi connectivity index (χ0n) is 10.4. The van der Waals surface area contributed by atoms with Crippen LogP contribution in [0.2, 0.25) is 0 Å². The highest BCUT2D eigenvalue weighted by molar-refractivity contribution is 7.99. The zero-order chi connectivity index (χ0) is 14.3. The van der Waals surface area contributed by atoms with Gasteiger partial charge in [0.25, 0.3) is 0 Å². The van der Waals surface area contributed by atoms with Gasteiger partial charge in [0.15, 0.2) is 0 Å². The smallest absolute Gasteiger partial charge is 0.247 e. The molecule has 3 nitrogen and oxygen atoms in total. The summed E-state index contributed by atoms with van der Waals surface area (Å²) < 4.78 is 37.5. The Morgan fingerprint density at radius 3 is 2.79 bits per heavy atom. The third-order valence-electron chi connectivity index (χ3n) is 2.18. The lowest BCUT2D eigenvalue weighted by Gasteiger charge is -2.11. The fourth-order valence-electron chi connectivity index (χ4n) is 1.33. The van der Waals surface area contributed by atoms with Crippen LogP contribution >= 0.6 is 11.8 Å². The van der Waals surface area contributed by atoms with Gasteiger partial charge in [-0.3, -0.25) is 4.79 Å². The number of amides is 1. The first kappa shape index (κ1) is 15.8. The standard InChI is InChI=1S/C12H15F3N2OS/c1-16-5-4-12(18)17-9-6-8(13)2-3-10(9)19-7-11(14)15/h2-3,6,11,16H,4-5,7H2,1H3,(H,17,18). The first-order valence-corrected chi connectivity index (χ1v) is 6.66. The molecule has 7 heteroatoms. The molecule has 0 atom stereocenters. The molecule has 0 saturated heterocycles. The third kappa shape index (κ3) is 5.98.